The summed E-state index contributed by atoms with van der Waals surface area (Å²) in [6.45, 7) is 7.11. The number of pyridine rings is 1. The number of rotatable bonds is 6. The molecule has 0 N–H and O–H groups in total. The van der Waals surface area contributed by atoms with Gasteiger partial charge in [0.05, 0.1) is 25.5 Å². The van der Waals surface area contributed by atoms with Gasteiger partial charge < -0.3 is 18.9 Å². The Morgan fingerprint density at radius 2 is 1.73 bits per heavy atom. The van der Waals surface area contributed by atoms with E-state index in [1.165, 1.54) is 12.1 Å². The first-order valence-corrected chi connectivity index (χ1v) is 14.8. The van der Waals surface area contributed by atoms with E-state index in [4.69, 9.17) is 9.47 Å². The molecular formula is C34H33F3N4O4. The highest BCUT2D eigenvalue weighted by molar-refractivity contribution is 5.78. The fourth-order valence-electron chi connectivity index (χ4n) is 5.79. The average molecular weight is 619 g/mol. The Morgan fingerprint density at radius 1 is 1.00 bits per heavy atom. The number of carbonyl (C=O) groups is 1. The van der Waals surface area contributed by atoms with Gasteiger partial charge in [0.2, 0.25) is 0 Å². The van der Waals surface area contributed by atoms with Gasteiger partial charge in [-0.1, -0.05) is 18.2 Å². The molecule has 4 aromatic rings. The van der Waals surface area contributed by atoms with Crippen molar-refractivity contribution in [3.63, 3.8) is 0 Å². The van der Waals surface area contributed by atoms with Crippen LogP contribution in [0.2, 0.25) is 0 Å². The van der Waals surface area contributed by atoms with Crippen LogP contribution in [0.5, 0.6) is 5.75 Å². The Balaban J connectivity index is 1.11. The topological polar surface area (TPSA) is 86.5 Å². The monoisotopic (exact) mass is 618 g/mol. The smallest absolute Gasteiger partial charge is 0.410 e. The van der Waals surface area contributed by atoms with E-state index < -0.39 is 28.6 Å². The van der Waals surface area contributed by atoms with Gasteiger partial charge in [0.1, 0.15) is 17.1 Å². The van der Waals surface area contributed by atoms with Crippen LogP contribution in [0, 0.1) is 11.7 Å². The van der Waals surface area contributed by atoms with Gasteiger partial charge >= 0.3 is 12.0 Å². The van der Waals surface area contributed by atoms with E-state index in [9.17, 15) is 14.0 Å². The van der Waals surface area contributed by atoms with E-state index in [1.807, 2.05) is 20.8 Å². The molecule has 2 aromatic carbocycles. The zero-order chi connectivity index (χ0) is 31.9. The van der Waals surface area contributed by atoms with E-state index in [1.54, 1.807) is 41.6 Å². The van der Waals surface area contributed by atoms with E-state index in [0.717, 1.165) is 35.6 Å². The lowest BCUT2D eigenvalue weighted by molar-refractivity contribution is 0.0164. The summed E-state index contributed by atoms with van der Waals surface area (Å²) in [5, 5.41) is 0. The molecule has 0 spiro atoms. The normalized spacial score (nSPS) is 15.8. The summed E-state index contributed by atoms with van der Waals surface area (Å²) < 4.78 is 57.4. The van der Waals surface area contributed by atoms with Crippen molar-refractivity contribution in [3.8, 4) is 28.3 Å². The molecule has 2 aliphatic rings. The number of nitrogens with zero attached hydrogens (tertiary/aromatic N) is 4. The van der Waals surface area contributed by atoms with Crippen molar-refractivity contribution in [3.05, 3.63) is 100.0 Å². The van der Waals surface area contributed by atoms with Crippen molar-refractivity contribution in [1.82, 2.24) is 19.4 Å². The van der Waals surface area contributed by atoms with Crippen LogP contribution in [0.25, 0.3) is 22.5 Å². The van der Waals surface area contributed by atoms with Crippen LogP contribution in [0.3, 0.4) is 0 Å². The third-order valence-electron chi connectivity index (χ3n) is 8.00. The number of piperidine rings is 1. The molecule has 1 aliphatic heterocycles. The van der Waals surface area contributed by atoms with Gasteiger partial charge in [-0.2, -0.15) is 8.78 Å². The van der Waals surface area contributed by atoms with Gasteiger partial charge in [0.25, 0.3) is 5.56 Å². The zero-order valence-corrected chi connectivity index (χ0v) is 25.2. The minimum absolute atomic E-state index is 0.0828. The molecule has 1 saturated heterocycles. The summed E-state index contributed by atoms with van der Waals surface area (Å²) in [4.78, 5) is 35.7. The number of halogens is 3. The fraction of sp³-hybridized carbons (Fsp3) is 0.353. The van der Waals surface area contributed by atoms with Gasteiger partial charge in [-0.05, 0) is 81.0 Å². The molecule has 2 aromatic heterocycles. The first-order chi connectivity index (χ1) is 21.4. The lowest BCUT2D eigenvalue weighted by Crippen LogP contribution is -2.42. The highest BCUT2D eigenvalue weighted by Crippen LogP contribution is 2.50. The van der Waals surface area contributed by atoms with Crippen LogP contribution < -0.4 is 10.3 Å². The Morgan fingerprint density at radius 3 is 2.44 bits per heavy atom. The van der Waals surface area contributed by atoms with Crippen molar-refractivity contribution >= 4 is 6.09 Å². The van der Waals surface area contributed by atoms with Crippen molar-refractivity contribution in [2.45, 2.75) is 51.7 Å². The number of fused-ring (bicyclic) bond motifs is 3. The Bertz CT molecular complexity index is 1790. The summed E-state index contributed by atoms with van der Waals surface area (Å²) in [5.74, 6) is -2.88. The number of hydrogen-bond acceptors (Lipinski definition) is 6. The first-order valence-electron chi connectivity index (χ1n) is 14.8. The molecule has 0 unspecified atom stereocenters. The molecule has 0 atom stereocenters. The molecule has 1 fully saturated rings. The lowest BCUT2D eigenvalue weighted by Gasteiger charge is -2.33. The molecule has 3 heterocycles. The number of likely N-dealkylation sites (tertiary alicyclic amines) is 1. The molecule has 0 bridgehead atoms. The van der Waals surface area contributed by atoms with Crippen LogP contribution in [-0.2, 0) is 17.2 Å². The molecule has 45 heavy (non-hydrogen) atoms. The minimum Gasteiger partial charge on any atom is -0.490 e. The summed E-state index contributed by atoms with van der Waals surface area (Å²) in [6.07, 6.45) is 4.46. The van der Waals surface area contributed by atoms with Crippen LogP contribution in [0.15, 0.2) is 71.8 Å². The number of ether oxygens (including phenoxy) is 2. The Kier molecular flexibility index (Phi) is 7.88. The van der Waals surface area contributed by atoms with Crippen LogP contribution in [0.4, 0.5) is 18.0 Å². The van der Waals surface area contributed by atoms with Crippen LogP contribution in [-0.4, -0.2) is 50.8 Å². The highest BCUT2D eigenvalue weighted by Gasteiger charge is 2.47. The largest absolute Gasteiger partial charge is 0.490 e. The fourth-order valence-corrected chi connectivity index (χ4v) is 5.79. The van der Waals surface area contributed by atoms with Crippen molar-refractivity contribution in [1.29, 1.82) is 0 Å². The molecule has 6 rings (SSSR count). The van der Waals surface area contributed by atoms with E-state index in [2.05, 4.69) is 9.97 Å². The van der Waals surface area contributed by atoms with Crippen molar-refractivity contribution in [2.75, 3.05) is 19.7 Å². The van der Waals surface area contributed by atoms with E-state index in [-0.39, 0.29) is 35.2 Å². The average Bonchev–Trinajstić information content (AvgIpc) is 3.22. The van der Waals surface area contributed by atoms with Gasteiger partial charge in [-0.3, -0.25) is 4.79 Å². The summed E-state index contributed by atoms with van der Waals surface area (Å²) in [6, 6.07) is 12.7. The number of carbonyl (C=O) groups excluding carboxylic acids is 1. The lowest BCUT2D eigenvalue weighted by atomic mass is 9.98. The van der Waals surface area contributed by atoms with Gasteiger partial charge in [0, 0.05) is 35.8 Å². The number of hydrogen-bond donors (Lipinski definition) is 0. The maximum absolute atomic E-state index is 15.5. The molecule has 1 amide bonds. The molecule has 234 valence electrons. The number of aromatic nitrogens is 3. The molecule has 11 heteroatoms. The predicted octanol–water partition coefficient (Wildman–Crippen LogP) is 6.64. The van der Waals surface area contributed by atoms with Crippen molar-refractivity contribution < 1.29 is 27.4 Å². The molecule has 0 radical (unpaired) electrons. The van der Waals surface area contributed by atoms with E-state index >= 15 is 8.78 Å². The highest BCUT2D eigenvalue weighted by atomic mass is 19.3. The molecule has 8 nitrogen and oxygen atoms in total. The van der Waals surface area contributed by atoms with Gasteiger partial charge in [-0.25, -0.2) is 19.2 Å². The molecule has 0 saturated carbocycles. The van der Waals surface area contributed by atoms with Crippen LogP contribution >= 0.6 is 0 Å². The number of alkyl halides is 2. The molecular weight excluding hydrogens is 585 g/mol. The number of amides is 1. The summed E-state index contributed by atoms with van der Waals surface area (Å²) in [5.41, 5.74) is -0.422. The third-order valence-corrected chi connectivity index (χ3v) is 8.00. The van der Waals surface area contributed by atoms with Gasteiger partial charge in [0.15, 0.2) is 11.6 Å². The summed E-state index contributed by atoms with van der Waals surface area (Å²) >= 11 is 0. The van der Waals surface area contributed by atoms with E-state index in [0.29, 0.717) is 42.4 Å². The standard InChI is InChI=1S/C34H33F3N4O4/c1-33(2,3)45-32(43)40-13-11-21(12-14-40)20-44-25-17-38-31(39-18-25)23-6-4-5-22(15-23)19-41-29(42)10-8-26-27-16-24(35)7-9-28(27)34(36,37)30(26)41/h4-10,15-18,21H,11-14,19-20H2,1-3H3. The van der Waals surface area contributed by atoms with Crippen molar-refractivity contribution in [2.24, 2.45) is 5.92 Å². The Labute approximate surface area is 258 Å². The first kappa shape index (κ1) is 30.4. The SMILES string of the molecule is CC(C)(C)OC(=O)N1CCC(COc2cnc(-c3cccc(Cn4c5c(ccc4=O)-c4cc(F)ccc4C5(F)F)c3)nc2)CC1. The molecule has 1 aliphatic carbocycles. The minimum atomic E-state index is -3.45. The quantitative estimate of drug-likeness (QED) is 0.241. The zero-order valence-electron chi connectivity index (χ0n) is 25.2. The maximum Gasteiger partial charge on any atom is 0.410 e. The third kappa shape index (κ3) is 6.29. The summed E-state index contributed by atoms with van der Waals surface area (Å²) in [7, 11) is 0. The second-order valence-electron chi connectivity index (χ2n) is 12.4. The maximum atomic E-state index is 15.5. The Hall–Kier alpha value is -4.67. The predicted molar refractivity (Wildman–Crippen MR) is 162 cm³/mol. The van der Waals surface area contributed by atoms with Gasteiger partial charge in [-0.15, -0.1) is 0 Å². The second kappa shape index (κ2) is 11.7. The van der Waals surface area contributed by atoms with Crippen LogP contribution in [0.1, 0.15) is 50.4 Å². The second-order valence-corrected chi connectivity index (χ2v) is 12.4. The number of benzene rings is 2.